The maximum atomic E-state index is 13.1. The summed E-state index contributed by atoms with van der Waals surface area (Å²) in [5.74, 6) is 0.428. The molecule has 1 atom stereocenters. The lowest BCUT2D eigenvalue weighted by molar-refractivity contribution is 0.270. The summed E-state index contributed by atoms with van der Waals surface area (Å²) in [4.78, 5) is 8.26. The molecule has 7 nitrogen and oxygen atoms in total. The maximum Gasteiger partial charge on any atom is 0.262 e. The first-order chi connectivity index (χ1) is 11.5. The van der Waals surface area contributed by atoms with Crippen LogP contribution in [0.15, 0.2) is 42.1 Å². The van der Waals surface area contributed by atoms with E-state index in [9.17, 15) is 8.42 Å². The van der Waals surface area contributed by atoms with E-state index in [1.165, 1.54) is 4.31 Å². The Kier molecular flexibility index (Phi) is 4.98. The van der Waals surface area contributed by atoms with Gasteiger partial charge < -0.3 is 9.88 Å². The average molecular weight is 349 g/mol. The van der Waals surface area contributed by atoms with Crippen LogP contribution >= 0.6 is 0 Å². The summed E-state index contributed by atoms with van der Waals surface area (Å²) in [7, 11) is -3.64. The smallest absolute Gasteiger partial charge is 0.262 e. The van der Waals surface area contributed by atoms with Crippen LogP contribution < -0.4 is 5.32 Å². The Morgan fingerprint density at radius 3 is 2.96 bits per heavy atom. The van der Waals surface area contributed by atoms with E-state index in [2.05, 4.69) is 29.1 Å². The molecule has 3 heterocycles. The zero-order chi connectivity index (χ0) is 17.2. The number of hydrogen-bond acceptors (Lipinski definition) is 5. The molecule has 1 aliphatic heterocycles. The fourth-order valence-electron chi connectivity index (χ4n) is 2.94. The van der Waals surface area contributed by atoms with Gasteiger partial charge in [0.05, 0.1) is 12.4 Å². The predicted octanol–water partition coefficient (Wildman–Crippen LogP) is 1.27. The largest absolute Gasteiger partial charge is 0.336 e. The van der Waals surface area contributed by atoms with Crippen molar-refractivity contribution in [3.05, 3.63) is 42.6 Å². The van der Waals surface area contributed by atoms with Crippen LogP contribution in [0.25, 0.3) is 0 Å². The van der Waals surface area contributed by atoms with Crippen molar-refractivity contribution in [3.63, 3.8) is 0 Å². The highest BCUT2D eigenvalue weighted by atomic mass is 32.2. The standard InChI is InChI=1S/C16H23N5O2S/c1-13(2)10-20-11-16(19-12-20)24(22,23)21-7-6-18-9-15(21)14-4-3-5-17-8-14/h3-5,8,11-13,15,18H,6-7,9-10H2,1-2H3. The molecule has 0 radical (unpaired) electrons. The first-order valence-corrected chi connectivity index (χ1v) is 9.57. The second-order valence-electron chi connectivity index (χ2n) is 6.42. The quantitative estimate of drug-likeness (QED) is 0.879. The van der Waals surface area contributed by atoms with Crippen molar-refractivity contribution in [2.24, 2.45) is 5.92 Å². The Hall–Kier alpha value is -1.77. The number of aromatic nitrogens is 3. The molecule has 0 saturated carbocycles. The second-order valence-corrected chi connectivity index (χ2v) is 8.26. The number of nitrogens with zero attached hydrogens (tertiary/aromatic N) is 4. The van der Waals surface area contributed by atoms with E-state index < -0.39 is 10.0 Å². The first-order valence-electron chi connectivity index (χ1n) is 8.12. The van der Waals surface area contributed by atoms with Crippen LogP contribution in [0.5, 0.6) is 0 Å². The summed E-state index contributed by atoms with van der Waals surface area (Å²) in [6.07, 6.45) is 6.62. The molecule has 2 aromatic heterocycles. The van der Waals surface area contributed by atoms with E-state index in [0.717, 1.165) is 12.1 Å². The van der Waals surface area contributed by atoms with Gasteiger partial charge in [-0.2, -0.15) is 4.31 Å². The van der Waals surface area contributed by atoms with Crippen molar-refractivity contribution in [1.29, 1.82) is 0 Å². The Bertz CT molecular complexity index is 773. The molecule has 1 saturated heterocycles. The zero-order valence-corrected chi connectivity index (χ0v) is 14.8. The minimum absolute atomic E-state index is 0.110. The fourth-order valence-corrected chi connectivity index (χ4v) is 4.50. The molecular weight excluding hydrogens is 326 g/mol. The SMILES string of the molecule is CC(C)Cn1cnc(S(=O)(=O)N2CCNCC2c2cccnc2)c1. The van der Waals surface area contributed by atoms with Crippen molar-refractivity contribution < 1.29 is 8.42 Å². The van der Waals surface area contributed by atoms with E-state index in [1.54, 1.807) is 24.9 Å². The molecule has 0 bridgehead atoms. The van der Waals surface area contributed by atoms with E-state index in [0.29, 0.717) is 25.6 Å². The van der Waals surface area contributed by atoms with E-state index in [1.807, 2.05) is 16.7 Å². The van der Waals surface area contributed by atoms with Gasteiger partial charge in [-0.1, -0.05) is 19.9 Å². The molecule has 8 heteroatoms. The van der Waals surface area contributed by atoms with Crippen molar-refractivity contribution in [1.82, 2.24) is 24.2 Å². The molecule has 0 aromatic carbocycles. The van der Waals surface area contributed by atoms with Gasteiger partial charge in [0.1, 0.15) is 0 Å². The van der Waals surface area contributed by atoms with Crippen LogP contribution in [0.2, 0.25) is 0 Å². The monoisotopic (exact) mass is 349 g/mol. The molecule has 0 spiro atoms. The Labute approximate surface area is 142 Å². The molecule has 130 valence electrons. The Balaban J connectivity index is 1.90. The van der Waals surface area contributed by atoms with Gasteiger partial charge in [-0.05, 0) is 17.5 Å². The lowest BCUT2D eigenvalue weighted by Gasteiger charge is -2.34. The minimum Gasteiger partial charge on any atom is -0.336 e. The number of nitrogens with one attached hydrogen (secondary N) is 1. The minimum atomic E-state index is -3.64. The molecule has 1 unspecified atom stereocenters. The van der Waals surface area contributed by atoms with Gasteiger partial charge in [-0.15, -0.1) is 0 Å². The highest BCUT2D eigenvalue weighted by Crippen LogP contribution is 2.27. The van der Waals surface area contributed by atoms with Crippen molar-refractivity contribution in [2.75, 3.05) is 19.6 Å². The highest BCUT2D eigenvalue weighted by Gasteiger charge is 2.35. The normalized spacial score (nSPS) is 19.7. The Morgan fingerprint density at radius 1 is 1.42 bits per heavy atom. The topological polar surface area (TPSA) is 80.1 Å². The molecule has 3 rings (SSSR count). The number of imidazole rings is 1. The summed E-state index contributed by atoms with van der Waals surface area (Å²) < 4.78 is 29.5. The van der Waals surface area contributed by atoms with E-state index >= 15 is 0 Å². The molecule has 0 amide bonds. The van der Waals surface area contributed by atoms with Gasteiger partial charge in [-0.25, -0.2) is 13.4 Å². The van der Waals surface area contributed by atoms with Crippen molar-refractivity contribution in [3.8, 4) is 0 Å². The van der Waals surface area contributed by atoms with Gasteiger partial charge in [0.2, 0.25) is 0 Å². The lowest BCUT2D eigenvalue weighted by Crippen LogP contribution is -2.48. The summed E-state index contributed by atoms with van der Waals surface area (Å²) in [5, 5.41) is 3.37. The van der Waals surface area contributed by atoms with Crippen LogP contribution in [0.4, 0.5) is 0 Å². The lowest BCUT2D eigenvalue weighted by atomic mass is 10.1. The van der Waals surface area contributed by atoms with Gasteiger partial charge in [0, 0.05) is 44.8 Å². The van der Waals surface area contributed by atoms with Crippen molar-refractivity contribution in [2.45, 2.75) is 31.5 Å². The summed E-state index contributed by atoms with van der Waals surface area (Å²) in [6.45, 7) is 6.53. The van der Waals surface area contributed by atoms with Gasteiger partial charge in [0.25, 0.3) is 10.0 Å². The fraction of sp³-hybridized carbons (Fsp3) is 0.500. The number of sulfonamides is 1. The van der Waals surface area contributed by atoms with Crippen LogP contribution in [-0.4, -0.2) is 46.9 Å². The summed E-state index contributed by atoms with van der Waals surface area (Å²) >= 11 is 0. The molecular formula is C16H23N5O2S. The third-order valence-corrected chi connectivity index (χ3v) is 5.82. The van der Waals surface area contributed by atoms with Gasteiger partial charge in [0.15, 0.2) is 5.03 Å². The number of piperazine rings is 1. The summed E-state index contributed by atoms with van der Waals surface area (Å²) in [6, 6.07) is 3.46. The number of pyridine rings is 1. The third kappa shape index (κ3) is 3.50. The number of hydrogen-bond donors (Lipinski definition) is 1. The van der Waals surface area contributed by atoms with Crippen LogP contribution in [0.3, 0.4) is 0 Å². The van der Waals surface area contributed by atoms with Crippen molar-refractivity contribution >= 4 is 10.0 Å². The average Bonchev–Trinajstić information content (AvgIpc) is 3.04. The molecule has 1 N–H and O–H groups in total. The van der Waals surface area contributed by atoms with E-state index in [4.69, 9.17) is 0 Å². The molecule has 24 heavy (non-hydrogen) atoms. The third-order valence-electron chi connectivity index (χ3n) is 4.02. The van der Waals surface area contributed by atoms with E-state index in [-0.39, 0.29) is 11.1 Å². The van der Waals surface area contributed by atoms with Crippen LogP contribution in [0.1, 0.15) is 25.5 Å². The molecule has 2 aromatic rings. The highest BCUT2D eigenvalue weighted by molar-refractivity contribution is 7.89. The maximum absolute atomic E-state index is 13.1. The second kappa shape index (κ2) is 7.00. The predicted molar refractivity (Wildman–Crippen MR) is 90.8 cm³/mol. The summed E-state index contributed by atoms with van der Waals surface area (Å²) in [5.41, 5.74) is 0.884. The molecule has 1 aliphatic rings. The molecule has 1 fully saturated rings. The van der Waals surface area contributed by atoms with Crippen LogP contribution in [-0.2, 0) is 16.6 Å². The van der Waals surface area contributed by atoms with Crippen LogP contribution in [0, 0.1) is 5.92 Å². The zero-order valence-electron chi connectivity index (χ0n) is 14.0. The molecule has 0 aliphatic carbocycles. The number of rotatable bonds is 5. The van der Waals surface area contributed by atoms with Gasteiger partial charge in [-0.3, -0.25) is 4.98 Å². The Morgan fingerprint density at radius 2 is 2.25 bits per heavy atom. The van der Waals surface area contributed by atoms with Gasteiger partial charge >= 0.3 is 0 Å². The first kappa shape index (κ1) is 17.1.